The summed E-state index contributed by atoms with van der Waals surface area (Å²) in [5, 5.41) is 9.16. The highest BCUT2D eigenvalue weighted by Gasteiger charge is 2.18. The van der Waals surface area contributed by atoms with Gasteiger partial charge in [0.2, 0.25) is 0 Å². The van der Waals surface area contributed by atoms with Crippen molar-refractivity contribution in [2.45, 2.75) is 34.2 Å². The standard InChI is InChI=1S/C11H19NO/c1-9-5-6-10(2)12(9)7-11(3,4)8-13/h5-6,13H,7-8H2,1-4H3. The van der Waals surface area contributed by atoms with Crippen LogP contribution in [0, 0.1) is 19.3 Å². The van der Waals surface area contributed by atoms with Gasteiger partial charge in [-0.3, -0.25) is 0 Å². The van der Waals surface area contributed by atoms with E-state index in [9.17, 15) is 0 Å². The normalized spacial score (nSPS) is 12.1. The zero-order valence-electron chi connectivity index (χ0n) is 8.96. The quantitative estimate of drug-likeness (QED) is 0.759. The van der Waals surface area contributed by atoms with Crippen molar-refractivity contribution in [1.82, 2.24) is 4.57 Å². The first-order chi connectivity index (χ1) is 5.96. The van der Waals surface area contributed by atoms with Crippen molar-refractivity contribution in [3.63, 3.8) is 0 Å². The third-order valence-corrected chi connectivity index (χ3v) is 2.43. The smallest absolute Gasteiger partial charge is 0.0499 e. The summed E-state index contributed by atoms with van der Waals surface area (Å²) < 4.78 is 2.25. The van der Waals surface area contributed by atoms with E-state index in [1.807, 2.05) is 0 Å². The first-order valence-electron chi connectivity index (χ1n) is 4.70. The summed E-state index contributed by atoms with van der Waals surface area (Å²) in [5.41, 5.74) is 2.49. The Morgan fingerprint density at radius 2 is 1.69 bits per heavy atom. The molecule has 13 heavy (non-hydrogen) atoms. The molecule has 0 spiro atoms. The molecule has 0 aliphatic carbocycles. The fourth-order valence-electron chi connectivity index (χ4n) is 1.43. The SMILES string of the molecule is Cc1ccc(C)n1CC(C)(C)CO. The predicted octanol–water partition coefficient (Wildman–Crippen LogP) is 2.12. The molecule has 0 aromatic carbocycles. The van der Waals surface area contributed by atoms with Crippen molar-refractivity contribution in [3.8, 4) is 0 Å². The van der Waals surface area contributed by atoms with Gasteiger partial charge in [0.15, 0.2) is 0 Å². The zero-order chi connectivity index (χ0) is 10.1. The molecule has 0 saturated heterocycles. The van der Waals surface area contributed by atoms with Crippen LogP contribution in [0.2, 0.25) is 0 Å². The Balaban J connectivity index is 2.85. The van der Waals surface area contributed by atoms with Gasteiger partial charge in [0.25, 0.3) is 0 Å². The maximum absolute atomic E-state index is 9.16. The molecule has 1 rings (SSSR count). The van der Waals surface area contributed by atoms with Crippen LogP contribution in [-0.2, 0) is 6.54 Å². The third kappa shape index (κ3) is 2.34. The molecule has 1 aromatic rings. The topological polar surface area (TPSA) is 25.2 Å². The Morgan fingerprint density at radius 1 is 1.23 bits per heavy atom. The van der Waals surface area contributed by atoms with Crippen LogP contribution in [0.25, 0.3) is 0 Å². The average molecular weight is 181 g/mol. The summed E-state index contributed by atoms with van der Waals surface area (Å²) in [7, 11) is 0. The highest BCUT2D eigenvalue weighted by molar-refractivity contribution is 5.13. The van der Waals surface area contributed by atoms with Crippen molar-refractivity contribution < 1.29 is 5.11 Å². The molecule has 2 heteroatoms. The first-order valence-corrected chi connectivity index (χ1v) is 4.70. The number of nitrogens with zero attached hydrogens (tertiary/aromatic N) is 1. The lowest BCUT2D eigenvalue weighted by molar-refractivity contribution is 0.139. The van der Waals surface area contributed by atoms with Gasteiger partial charge < -0.3 is 9.67 Å². The second-order valence-corrected chi connectivity index (χ2v) is 4.52. The lowest BCUT2D eigenvalue weighted by atomic mass is 9.95. The van der Waals surface area contributed by atoms with E-state index in [2.05, 4.69) is 44.4 Å². The molecule has 0 fully saturated rings. The molecule has 1 heterocycles. The van der Waals surface area contributed by atoms with Crippen LogP contribution in [0.4, 0.5) is 0 Å². The van der Waals surface area contributed by atoms with Gasteiger partial charge >= 0.3 is 0 Å². The maximum atomic E-state index is 9.16. The van der Waals surface area contributed by atoms with Crippen LogP contribution in [0.3, 0.4) is 0 Å². The Hall–Kier alpha value is -0.760. The van der Waals surface area contributed by atoms with E-state index in [0.29, 0.717) is 0 Å². The van der Waals surface area contributed by atoms with Crippen LogP contribution in [0.1, 0.15) is 25.2 Å². The van der Waals surface area contributed by atoms with Gasteiger partial charge in [-0.15, -0.1) is 0 Å². The predicted molar refractivity (Wildman–Crippen MR) is 54.8 cm³/mol. The van der Waals surface area contributed by atoms with Gasteiger partial charge in [0, 0.05) is 30.0 Å². The number of hydrogen-bond acceptors (Lipinski definition) is 1. The van der Waals surface area contributed by atoms with E-state index in [-0.39, 0.29) is 12.0 Å². The van der Waals surface area contributed by atoms with E-state index < -0.39 is 0 Å². The van der Waals surface area contributed by atoms with Gasteiger partial charge in [0.1, 0.15) is 0 Å². The average Bonchev–Trinajstić information content (AvgIpc) is 2.36. The Labute approximate surface area is 80.2 Å². The largest absolute Gasteiger partial charge is 0.396 e. The van der Waals surface area contributed by atoms with Crippen LogP contribution in [0.5, 0.6) is 0 Å². The molecule has 0 amide bonds. The van der Waals surface area contributed by atoms with Gasteiger partial charge in [-0.1, -0.05) is 13.8 Å². The van der Waals surface area contributed by atoms with E-state index in [0.717, 1.165) is 6.54 Å². The van der Waals surface area contributed by atoms with E-state index in [1.165, 1.54) is 11.4 Å². The number of hydrogen-bond donors (Lipinski definition) is 1. The molecular formula is C11H19NO. The Kier molecular flexibility index (Phi) is 2.81. The number of rotatable bonds is 3. The van der Waals surface area contributed by atoms with Crippen LogP contribution < -0.4 is 0 Å². The molecule has 1 aromatic heterocycles. The molecule has 0 bridgehead atoms. The third-order valence-electron chi connectivity index (χ3n) is 2.43. The van der Waals surface area contributed by atoms with Gasteiger partial charge in [-0.2, -0.15) is 0 Å². The lowest BCUT2D eigenvalue weighted by Crippen LogP contribution is -2.24. The molecule has 0 radical (unpaired) electrons. The summed E-state index contributed by atoms with van der Waals surface area (Å²) >= 11 is 0. The van der Waals surface area contributed by atoms with Crippen molar-refractivity contribution in [2.75, 3.05) is 6.61 Å². The molecule has 0 aliphatic heterocycles. The molecule has 0 atom stereocenters. The molecule has 0 aliphatic rings. The minimum absolute atomic E-state index is 0.0332. The highest BCUT2D eigenvalue weighted by atomic mass is 16.3. The van der Waals surface area contributed by atoms with Crippen molar-refractivity contribution in [1.29, 1.82) is 0 Å². The molecule has 2 nitrogen and oxygen atoms in total. The fourth-order valence-corrected chi connectivity index (χ4v) is 1.43. The molecule has 74 valence electrons. The van der Waals surface area contributed by atoms with E-state index >= 15 is 0 Å². The molecular weight excluding hydrogens is 162 g/mol. The highest BCUT2D eigenvalue weighted by Crippen LogP contribution is 2.20. The summed E-state index contributed by atoms with van der Waals surface area (Å²) in [5.74, 6) is 0. The second-order valence-electron chi connectivity index (χ2n) is 4.52. The molecule has 0 saturated carbocycles. The number of aryl methyl sites for hydroxylation is 2. The Bertz CT molecular complexity index is 267. The minimum Gasteiger partial charge on any atom is -0.396 e. The summed E-state index contributed by atoms with van der Waals surface area (Å²) in [4.78, 5) is 0. The second kappa shape index (κ2) is 3.54. The summed E-state index contributed by atoms with van der Waals surface area (Å²) in [6.45, 7) is 9.46. The fraction of sp³-hybridized carbons (Fsp3) is 0.636. The molecule has 1 N–H and O–H groups in total. The maximum Gasteiger partial charge on any atom is 0.0499 e. The number of aliphatic hydroxyl groups excluding tert-OH is 1. The zero-order valence-corrected chi connectivity index (χ0v) is 8.96. The van der Waals surface area contributed by atoms with Gasteiger partial charge in [-0.25, -0.2) is 0 Å². The monoisotopic (exact) mass is 181 g/mol. The number of aromatic nitrogens is 1. The van der Waals surface area contributed by atoms with Crippen LogP contribution in [-0.4, -0.2) is 16.3 Å². The van der Waals surface area contributed by atoms with E-state index in [4.69, 9.17) is 5.11 Å². The Morgan fingerprint density at radius 3 is 2.08 bits per heavy atom. The van der Waals surface area contributed by atoms with E-state index in [1.54, 1.807) is 0 Å². The summed E-state index contributed by atoms with van der Waals surface area (Å²) in [6.07, 6.45) is 0. The van der Waals surface area contributed by atoms with Crippen molar-refractivity contribution >= 4 is 0 Å². The molecule has 0 unspecified atom stereocenters. The van der Waals surface area contributed by atoms with Gasteiger partial charge in [0.05, 0.1) is 0 Å². The lowest BCUT2D eigenvalue weighted by Gasteiger charge is -2.24. The first kappa shape index (κ1) is 10.3. The summed E-state index contributed by atoms with van der Waals surface area (Å²) in [6, 6.07) is 4.23. The van der Waals surface area contributed by atoms with Crippen LogP contribution in [0.15, 0.2) is 12.1 Å². The van der Waals surface area contributed by atoms with Gasteiger partial charge in [-0.05, 0) is 26.0 Å². The van der Waals surface area contributed by atoms with Crippen molar-refractivity contribution in [3.05, 3.63) is 23.5 Å². The minimum atomic E-state index is -0.0332. The van der Waals surface area contributed by atoms with Crippen LogP contribution >= 0.6 is 0 Å². The number of aliphatic hydroxyl groups is 1. The van der Waals surface area contributed by atoms with Crippen molar-refractivity contribution in [2.24, 2.45) is 5.41 Å².